The molecule has 0 heterocycles. The molecular formula is C16H17FN2O3S. The molecular weight excluding hydrogens is 319 g/mol. The maximum absolute atomic E-state index is 13.7. The molecule has 2 rings (SSSR count). The number of benzene rings is 2. The monoisotopic (exact) mass is 336 g/mol. The molecule has 23 heavy (non-hydrogen) atoms. The molecule has 0 saturated heterocycles. The molecule has 0 bridgehead atoms. The number of hydrogen-bond acceptors (Lipinski definition) is 3. The van der Waals surface area contributed by atoms with Gasteiger partial charge in [0, 0.05) is 26.2 Å². The molecule has 122 valence electrons. The summed E-state index contributed by atoms with van der Waals surface area (Å²) in [4.78, 5) is 11.1. The molecule has 0 saturated carbocycles. The summed E-state index contributed by atoms with van der Waals surface area (Å²) in [6.07, 6.45) is 0. The lowest BCUT2D eigenvalue weighted by molar-refractivity contribution is 0.0963. The number of amides is 1. The summed E-state index contributed by atoms with van der Waals surface area (Å²) in [5, 5.41) is 2.51. The molecule has 0 atom stereocenters. The Hall–Kier alpha value is -2.25. The van der Waals surface area contributed by atoms with Gasteiger partial charge in [0.25, 0.3) is 5.91 Å². The van der Waals surface area contributed by atoms with Crippen molar-refractivity contribution in [2.75, 3.05) is 14.1 Å². The second kappa shape index (κ2) is 6.89. The van der Waals surface area contributed by atoms with Crippen LogP contribution >= 0.6 is 0 Å². The van der Waals surface area contributed by atoms with Gasteiger partial charge < -0.3 is 5.32 Å². The van der Waals surface area contributed by atoms with Crippen LogP contribution in [0, 0.1) is 5.82 Å². The van der Waals surface area contributed by atoms with Gasteiger partial charge in [0.1, 0.15) is 10.7 Å². The Bertz CT molecular complexity index is 804. The van der Waals surface area contributed by atoms with Gasteiger partial charge in [0.05, 0.1) is 0 Å². The summed E-state index contributed by atoms with van der Waals surface area (Å²) in [6, 6.07) is 11.8. The van der Waals surface area contributed by atoms with Gasteiger partial charge in [0.2, 0.25) is 10.0 Å². The predicted octanol–water partition coefficient (Wildman–Crippen LogP) is 2.01. The molecule has 0 radical (unpaired) electrons. The summed E-state index contributed by atoms with van der Waals surface area (Å²) in [6.45, 7) is 0.0741. The summed E-state index contributed by atoms with van der Waals surface area (Å²) in [5.74, 6) is -1.00. The molecule has 5 nitrogen and oxygen atoms in total. The van der Waals surface area contributed by atoms with Crippen molar-refractivity contribution in [1.82, 2.24) is 9.62 Å². The molecule has 0 aliphatic carbocycles. The van der Waals surface area contributed by atoms with Crippen molar-refractivity contribution in [3.05, 3.63) is 65.5 Å². The van der Waals surface area contributed by atoms with Crippen LogP contribution in [0.4, 0.5) is 4.39 Å². The zero-order chi connectivity index (χ0) is 17.0. The van der Waals surface area contributed by atoms with Crippen molar-refractivity contribution in [2.24, 2.45) is 0 Å². The summed E-state index contributed by atoms with van der Waals surface area (Å²) in [5.41, 5.74) is 1.18. The van der Waals surface area contributed by atoms with E-state index in [9.17, 15) is 17.6 Å². The Balaban J connectivity index is 2.20. The first-order chi connectivity index (χ1) is 10.9. The maximum atomic E-state index is 13.7. The van der Waals surface area contributed by atoms with E-state index in [1.54, 1.807) is 24.3 Å². The Labute approximate surface area is 134 Å². The minimum Gasteiger partial charge on any atom is -0.355 e. The third-order valence-electron chi connectivity index (χ3n) is 3.37. The first-order valence-electron chi connectivity index (χ1n) is 6.88. The van der Waals surface area contributed by atoms with Crippen LogP contribution in [0.3, 0.4) is 0 Å². The number of carbonyl (C=O) groups excluding carboxylic acids is 1. The van der Waals surface area contributed by atoms with E-state index in [0.29, 0.717) is 11.1 Å². The van der Waals surface area contributed by atoms with Crippen LogP contribution in [0.1, 0.15) is 15.9 Å². The highest BCUT2D eigenvalue weighted by Crippen LogP contribution is 2.19. The zero-order valence-electron chi connectivity index (χ0n) is 12.8. The lowest BCUT2D eigenvalue weighted by Crippen LogP contribution is -2.27. The van der Waals surface area contributed by atoms with Gasteiger partial charge in [-0.2, -0.15) is 4.31 Å². The van der Waals surface area contributed by atoms with Crippen LogP contribution in [0.25, 0.3) is 0 Å². The highest BCUT2D eigenvalue weighted by molar-refractivity contribution is 7.89. The minimum absolute atomic E-state index is 0.0741. The zero-order valence-corrected chi connectivity index (χ0v) is 13.6. The van der Waals surface area contributed by atoms with Gasteiger partial charge in [-0.05, 0) is 29.8 Å². The first-order valence-corrected chi connectivity index (χ1v) is 8.32. The Morgan fingerprint density at radius 1 is 1.13 bits per heavy atom. The molecule has 0 aliphatic rings. The predicted molar refractivity (Wildman–Crippen MR) is 84.9 cm³/mol. The molecule has 0 spiro atoms. The number of sulfonamides is 1. The fourth-order valence-electron chi connectivity index (χ4n) is 2.07. The van der Waals surface area contributed by atoms with E-state index >= 15 is 0 Å². The van der Waals surface area contributed by atoms with Crippen LogP contribution < -0.4 is 5.32 Å². The number of carbonyl (C=O) groups is 1. The number of nitrogens with zero attached hydrogens (tertiary/aromatic N) is 1. The Morgan fingerprint density at radius 3 is 2.30 bits per heavy atom. The molecule has 2 aromatic rings. The van der Waals surface area contributed by atoms with Crippen LogP contribution in [0.15, 0.2) is 53.4 Å². The Morgan fingerprint density at radius 2 is 1.74 bits per heavy atom. The van der Waals surface area contributed by atoms with Crippen molar-refractivity contribution in [2.45, 2.75) is 11.4 Å². The molecule has 0 aromatic heterocycles. The van der Waals surface area contributed by atoms with E-state index in [1.165, 1.54) is 32.3 Å². The fraction of sp³-hybridized carbons (Fsp3) is 0.188. The third-order valence-corrected chi connectivity index (χ3v) is 5.21. The largest absolute Gasteiger partial charge is 0.355 e. The van der Waals surface area contributed by atoms with E-state index in [2.05, 4.69) is 5.32 Å². The first kappa shape index (κ1) is 17.1. The quantitative estimate of drug-likeness (QED) is 0.908. The average Bonchev–Trinajstić information content (AvgIpc) is 2.55. The third kappa shape index (κ3) is 3.75. The molecule has 0 aliphatic heterocycles. The molecule has 0 unspecified atom stereocenters. The van der Waals surface area contributed by atoms with Crippen molar-refractivity contribution in [3.63, 3.8) is 0 Å². The van der Waals surface area contributed by atoms with Gasteiger partial charge in [-0.1, -0.05) is 24.3 Å². The van der Waals surface area contributed by atoms with Crippen LogP contribution in [0.5, 0.6) is 0 Å². The molecule has 2 aromatic carbocycles. The lowest BCUT2D eigenvalue weighted by Gasteiger charge is -2.17. The standard InChI is InChI=1S/C16H17FN2O3S/c1-18-16(20)13-9-7-12(8-10-13)11-19(2)23(21,22)15-6-4-3-5-14(15)17/h3-10H,11H2,1-2H3,(H,18,20). The van der Waals surface area contributed by atoms with E-state index in [4.69, 9.17) is 0 Å². The number of rotatable bonds is 5. The smallest absolute Gasteiger partial charge is 0.251 e. The minimum atomic E-state index is -3.92. The van der Waals surface area contributed by atoms with E-state index in [-0.39, 0.29) is 17.3 Å². The lowest BCUT2D eigenvalue weighted by atomic mass is 10.1. The van der Waals surface area contributed by atoms with Crippen molar-refractivity contribution >= 4 is 15.9 Å². The fourth-order valence-corrected chi connectivity index (χ4v) is 3.29. The summed E-state index contributed by atoms with van der Waals surface area (Å²) in [7, 11) is -1.00. The number of hydrogen-bond donors (Lipinski definition) is 1. The highest BCUT2D eigenvalue weighted by Gasteiger charge is 2.24. The highest BCUT2D eigenvalue weighted by atomic mass is 32.2. The summed E-state index contributed by atoms with van der Waals surface area (Å²) >= 11 is 0. The normalized spacial score (nSPS) is 11.5. The second-order valence-corrected chi connectivity index (χ2v) is 6.98. The van der Waals surface area contributed by atoms with Gasteiger partial charge >= 0.3 is 0 Å². The Kier molecular flexibility index (Phi) is 5.12. The van der Waals surface area contributed by atoms with Crippen molar-refractivity contribution < 1.29 is 17.6 Å². The number of halogens is 1. The molecule has 7 heteroatoms. The average molecular weight is 336 g/mol. The van der Waals surface area contributed by atoms with E-state index < -0.39 is 15.8 Å². The second-order valence-electron chi connectivity index (χ2n) is 4.97. The molecule has 1 N–H and O–H groups in total. The van der Waals surface area contributed by atoms with Gasteiger partial charge in [-0.25, -0.2) is 12.8 Å². The number of nitrogens with one attached hydrogen (secondary N) is 1. The van der Waals surface area contributed by atoms with E-state index in [1.807, 2.05) is 0 Å². The van der Waals surface area contributed by atoms with Crippen LogP contribution in [0.2, 0.25) is 0 Å². The van der Waals surface area contributed by atoms with Crippen molar-refractivity contribution in [3.8, 4) is 0 Å². The molecule has 1 amide bonds. The van der Waals surface area contributed by atoms with Crippen LogP contribution in [-0.2, 0) is 16.6 Å². The van der Waals surface area contributed by atoms with Gasteiger partial charge in [-0.3, -0.25) is 4.79 Å². The van der Waals surface area contributed by atoms with Crippen LogP contribution in [-0.4, -0.2) is 32.7 Å². The van der Waals surface area contributed by atoms with Gasteiger partial charge in [-0.15, -0.1) is 0 Å². The maximum Gasteiger partial charge on any atom is 0.251 e. The topological polar surface area (TPSA) is 66.5 Å². The van der Waals surface area contributed by atoms with Gasteiger partial charge in [0.15, 0.2) is 0 Å². The van der Waals surface area contributed by atoms with Crippen molar-refractivity contribution in [1.29, 1.82) is 0 Å². The van der Waals surface area contributed by atoms with E-state index in [0.717, 1.165) is 10.4 Å². The SMILES string of the molecule is CNC(=O)c1ccc(CN(C)S(=O)(=O)c2ccccc2F)cc1. The molecule has 0 fully saturated rings. The summed E-state index contributed by atoms with van der Waals surface area (Å²) < 4.78 is 39.6.